The van der Waals surface area contributed by atoms with Crippen molar-refractivity contribution in [1.82, 2.24) is 0 Å². The van der Waals surface area contributed by atoms with Crippen molar-refractivity contribution in [2.24, 2.45) is 0 Å². The number of anilines is 1. The van der Waals surface area contributed by atoms with Crippen molar-refractivity contribution in [2.45, 2.75) is 23.5 Å². The monoisotopic (exact) mass is 409 g/mol. The Kier molecular flexibility index (Phi) is 4.54. The van der Waals surface area contributed by atoms with Crippen molar-refractivity contribution in [2.75, 3.05) is 11.4 Å². The molecule has 2 aromatic rings. The van der Waals surface area contributed by atoms with Crippen LogP contribution in [0.5, 0.6) is 0 Å². The zero-order valence-electron chi connectivity index (χ0n) is 11.8. The van der Waals surface area contributed by atoms with E-state index in [9.17, 15) is 4.79 Å². The van der Waals surface area contributed by atoms with Gasteiger partial charge in [0.2, 0.25) is 0 Å². The second kappa shape index (κ2) is 6.40. The van der Waals surface area contributed by atoms with Crippen LogP contribution in [0.2, 0.25) is 0 Å². The summed E-state index contributed by atoms with van der Waals surface area (Å²) in [5.74, 6) is 0.0932. The Morgan fingerprint density at radius 3 is 2.86 bits per heavy atom. The number of carbonyl (C=O) groups excluding carboxylic acids is 1. The van der Waals surface area contributed by atoms with Gasteiger partial charge in [0.1, 0.15) is 0 Å². The lowest BCUT2D eigenvalue weighted by atomic mass is 10.1. The van der Waals surface area contributed by atoms with Crippen LogP contribution in [0.1, 0.15) is 23.7 Å². The van der Waals surface area contributed by atoms with Crippen LogP contribution in [0, 0.1) is 3.57 Å². The van der Waals surface area contributed by atoms with Gasteiger partial charge in [-0.15, -0.1) is 11.8 Å². The predicted octanol–water partition coefficient (Wildman–Crippen LogP) is 4.82. The van der Waals surface area contributed by atoms with E-state index in [1.807, 2.05) is 59.1 Å². The van der Waals surface area contributed by atoms with Gasteiger partial charge in [0.05, 0.1) is 5.69 Å². The molecule has 0 saturated carbocycles. The number of carbonyl (C=O) groups is 1. The molecule has 2 aromatic carbocycles. The van der Waals surface area contributed by atoms with Crippen molar-refractivity contribution in [1.29, 1.82) is 0 Å². The van der Waals surface area contributed by atoms with Crippen LogP contribution in [0.3, 0.4) is 0 Å². The minimum atomic E-state index is 0.0932. The zero-order chi connectivity index (χ0) is 14.8. The Balaban J connectivity index is 2.00. The molecular weight excluding hydrogens is 393 g/mol. The highest BCUT2D eigenvalue weighted by molar-refractivity contribution is 14.1. The van der Waals surface area contributed by atoms with E-state index >= 15 is 0 Å². The fraction of sp³-hybridized carbons (Fsp3) is 0.235. The third-order valence-electron chi connectivity index (χ3n) is 3.56. The SMILES string of the molecule is C[C@H]1CCN(C(=O)c2cccc(I)c2)c2ccccc2S1. The van der Waals surface area contributed by atoms with Crippen molar-refractivity contribution in [3.05, 3.63) is 57.7 Å². The van der Waals surface area contributed by atoms with E-state index in [-0.39, 0.29) is 5.91 Å². The van der Waals surface area contributed by atoms with Gasteiger partial charge in [-0.05, 0) is 59.3 Å². The smallest absolute Gasteiger partial charge is 0.258 e. The van der Waals surface area contributed by atoms with Gasteiger partial charge in [0, 0.05) is 25.8 Å². The Morgan fingerprint density at radius 2 is 2.05 bits per heavy atom. The number of amides is 1. The van der Waals surface area contributed by atoms with E-state index in [0.29, 0.717) is 5.25 Å². The number of para-hydroxylation sites is 1. The molecule has 0 saturated heterocycles. The zero-order valence-corrected chi connectivity index (χ0v) is 14.7. The highest BCUT2D eigenvalue weighted by Gasteiger charge is 2.24. The molecule has 1 atom stereocenters. The van der Waals surface area contributed by atoms with Gasteiger partial charge in [-0.2, -0.15) is 0 Å². The van der Waals surface area contributed by atoms with Gasteiger partial charge >= 0.3 is 0 Å². The maximum atomic E-state index is 12.9. The van der Waals surface area contributed by atoms with Crippen LogP contribution in [-0.4, -0.2) is 17.7 Å². The summed E-state index contributed by atoms with van der Waals surface area (Å²) in [4.78, 5) is 16.0. The number of rotatable bonds is 1. The molecule has 1 aliphatic heterocycles. The summed E-state index contributed by atoms with van der Waals surface area (Å²) in [7, 11) is 0. The summed E-state index contributed by atoms with van der Waals surface area (Å²) in [6.07, 6.45) is 1.01. The molecule has 108 valence electrons. The number of nitrogens with zero attached hydrogens (tertiary/aromatic N) is 1. The normalized spacial score (nSPS) is 18.0. The van der Waals surface area contributed by atoms with E-state index in [4.69, 9.17) is 0 Å². The highest BCUT2D eigenvalue weighted by Crippen LogP contribution is 2.37. The van der Waals surface area contributed by atoms with Gasteiger partial charge in [0.15, 0.2) is 0 Å². The molecule has 21 heavy (non-hydrogen) atoms. The molecule has 0 aromatic heterocycles. The van der Waals surface area contributed by atoms with Gasteiger partial charge in [-0.1, -0.05) is 25.1 Å². The van der Waals surface area contributed by atoms with Crippen LogP contribution >= 0.6 is 34.4 Å². The Labute approximate surface area is 143 Å². The molecule has 1 amide bonds. The second-order valence-electron chi connectivity index (χ2n) is 5.15. The van der Waals surface area contributed by atoms with E-state index in [0.717, 1.165) is 27.8 Å². The van der Waals surface area contributed by atoms with Gasteiger partial charge in [-0.3, -0.25) is 4.79 Å². The summed E-state index contributed by atoms with van der Waals surface area (Å²) in [6, 6.07) is 16.0. The first-order valence-corrected chi connectivity index (χ1v) is 8.94. The minimum Gasteiger partial charge on any atom is -0.307 e. The molecule has 0 aliphatic carbocycles. The quantitative estimate of drug-likeness (QED) is 0.630. The number of hydrogen-bond acceptors (Lipinski definition) is 2. The Hall–Kier alpha value is -1.01. The van der Waals surface area contributed by atoms with Gasteiger partial charge < -0.3 is 4.90 Å². The van der Waals surface area contributed by atoms with Gasteiger partial charge in [-0.25, -0.2) is 0 Å². The van der Waals surface area contributed by atoms with Crippen molar-refractivity contribution in [3.8, 4) is 0 Å². The average molecular weight is 409 g/mol. The Bertz CT molecular complexity index is 673. The summed E-state index contributed by atoms with van der Waals surface area (Å²) < 4.78 is 1.09. The molecule has 1 heterocycles. The van der Waals surface area contributed by atoms with E-state index in [1.165, 1.54) is 4.90 Å². The van der Waals surface area contributed by atoms with Crippen molar-refractivity contribution < 1.29 is 4.79 Å². The number of thioether (sulfide) groups is 1. The number of fused-ring (bicyclic) bond motifs is 1. The van der Waals surface area contributed by atoms with Crippen molar-refractivity contribution in [3.63, 3.8) is 0 Å². The Morgan fingerprint density at radius 1 is 1.24 bits per heavy atom. The van der Waals surface area contributed by atoms with Crippen LogP contribution in [-0.2, 0) is 0 Å². The molecule has 0 fully saturated rings. The molecular formula is C17H16INOS. The first-order valence-electron chi connectivity index (χ1n) is 6.98. The van der Waals surface area contributed by atoms with Crippen LogP contribution in [0.15, 0.2) is 53.4 Å². The third kappa shape index (κ3) is 3.26. The molecule has 2 nitrogen and oxygen atoms in total. The maximum absolute atomic E-state index is 12.9. The number of halogens is 1. The van der Waals surface area contributed by atoms with Crippen LogP contribution < -0.4 is 4.90 Å². The van der Waals surface area contributed by atoms with Crippen molar-refractivity contribution >= 4 is 45.9 Å². The first-order chi connectivity index (χ1) is 10.1. The van der Waals surface area contributed by atoms with Crippen LogP contribution in [0.25, 0.3) is 0 Å². The largest absolute Gasteiger partial charge is 0.307 e. The summed E-state index contributed by atoms with van der Waals surface area (Å²) in [5.41, 5.74) is 1.80. The number of hydrogen-bond donors (Lipinski definition) is 0. The first kappa shape index (κ1) is 14.9. The highest BCUT2D eigenvalue weighted by atomic mass is 127. The molecule has 1 aliphatic rings. The van der Waals surface area contributed by atoms with Gasteiger partial charge in [0.25, 0.3) is 5.91 Å². The lowest BCUT2D eigenvalue weighted by molar-refractivity contribution is 0.0986. The van der Waals surface area contributed by atoms with Crippen LogP contribution in [0.4, 0.5) is 5.69 Å². The summed E-state index contributed by atoms with van der Waals surface area (Å²) in [5, 5.41) is 0.528. The molecule has 3 rings (SSSR count). The molecule has 0 radical (unpaired) electrons. The number of benzene rings is 2. The topological polar surface area (TPSA) is 20.3 Å². The lowest BCUT2D eigenvalue weighted by Gasteiger charge is -2.22. The summed E-state index contributed by atoms with van der Waals surface area (Å²) in [6.45, 7) is 3.00. The standard InChI is InChI=1S/C17H16INOS/c1-12-9-10-19(15-7-2-3-8-16(15)21-12)17(20)13-5-4-6-14(18)11-13/h2-8,11-12H,9-10H2,1H3/t12-/m0/s1. The maximum Gasteiger partial charge on any atom is 0.258 e. The summed E-state index contributed by atoms with van der Waals surface area (Å²) >= 11 is 4.10. The molecule has 0 N–H and O–H groups in total. The molecule has 4 heteroatoms. The van der Waals surface area contributed by atoms with E-state index < -0.39 is 0 Å². The van der Waals surface area contributed by atoms with E-state index in [2.05, 4.69) is 35.6 Å². The fourth-order valence-electron chi connectivity index (χ4n) is 2.48. The van der Waals surface area contributed by atoms with E-state index in [1.54, 1.807) is 0 Å². The fourth-order valence-corrected chi connectivity index (χ4v) is 4.13. The predicted molar refractivity (Wildman–Crippen MR) is 97.2 cm³/mol. The second-order valence-corrected chi connectivity index (χ2v) is 7.88. The third-order valence-corrected chi connectivity index (χ3v) is 5.47. The average Bonchev–Trinajstić information content (AvgIpc) is 2.65. The molecule has 0 bridgehead atoms. The molecule has 0 unspecified atom stereocenters. The minimum absolute atomic E-state index is 0.0932. The molecule has 0 spiro atoms. The lowest BCUT2D eigenvalue weighted by Crippen LogP contribution is -2.32.